The van der Waals surface area contributed by atoms with Gasteiger partial charge >= 0.3 is 6.18 Å². The predicted molar refractivity (Wildman–Crippen MR) is 158 cm³/mol. The summed E-state index contributed by atoms with van der Waals surface area (Å²) in [6.45, 7) is 0.469. The fraction of sp³-hybridized carbons (Fsp3) is 0.303. The number of ether oxygens (including phenoxy) is 2. The molecule has 1 aliphatic heterocycles. The van der Waals surface area contributed by atoms with Gasteiger partial charge in [0.15, 0.2) is 5.75 Å². The van der Waals surface area contributed by atoms with Crippen LogP contribution in [0.5, 0.6) is 11.5 Å². The molecule has 0 bridgehead atoms. The average Bonchev–Trinajstić information content (AvgIpc) is 3.90. The monoisotopic (exact) mass is 646 g/mol. The van der Waals surface area contributed by atoms with Crippen molar-refractivity contribution in [2.45, 2.75) is 55.7 Å². The Balaban J connectivity index is 1.19. The normalized spacial score (nSPS) is 21.0. The smallest absolute Gasteiger partial charge is 0.424 e. The molecule has 2 fully saturated rings. The van der Waals surface area contributed by atoms with Gasteiger partial charge in [0.05, 0.1) is 30.4 Å². The van der Waals surface area contributed by atoms with Crippen LogP contribution >= 0.6 is 0 Å². The molecule has 1 unspecified atom stereocenters. The van der Waals surface area contributed by atoms with Crippen LogP contribution in [0, 0.1) is 12.7 Å². The molecule has 2 N–H and O–H groups in total. The molecule has 2 aromatic carbocycles. The van der Waals surface area contributed by atoms with Crippen molar-refractivity contribution in [2.24, 2.45) is 0 Å². The van der Waals surface area contributed by atoms with Gasteiger partial charge in [-0.2, -0.15) is 18.3 Å². The Morgan fingerprint density at radius 3 is 2.64 bits per heavy atom. The molecule has 240 valence electrons. The van der Waals surface area contributed by atoms with Gasteiger partial charge in [0.1, 0.15) is 34.4 Å². The van der Waals surface area contributed by atoms with Crippen LogP contribution < -0.4 is 14.8 Å². The van der Waals surface area contributed by atoms with Crippen LogP contribution in [0.3, 0.4) is 0 Å². The van der Waals surface area contributed by atoms with Crippen LogP contribution in [-0.4, -0.2) is 60.7 Å². The number of rotatable bonds is 8. The second-order valence-corrected chi connectivity index (χ2v) is 12.2. The largest absolute Gasteiger partial charge is 0.488 e. The van der Waals surface area contributed by atoms with Crippen molar-refractivity contribution in [1.29, 1.82) is 0 Å². The molecular formula is C33H26F4N6O4. The number of amides is 1. The van der Waals surface area contributed by atoms with Gasteiger partial charge in [-0.15, -0.1) is 5.10 Å². The molecule has 0 saturated heterocycles. The number of nitrogens with zero attached hydrogens (tertiary/aromatic N) is 5. The molecular weight excluding hydrogens is 620 g/mol. The molecule has 10 nitrogen and oxygen atoms in total. The Morgan fingerprint density at radius 2 is 1.94 bits per heavy atom. The van der Waals surface area contributed by atoms with Crippen molar-refractivity contribution in [3.05, 3.63) is 95.6 Å². The Kier molecular flexibility index (Phi) is 6.36. The third-order valence-electron chi connectivity index (χ3n) is 8.91. The van der Waals surface area contributed by atoms with E-state index < -0.39 is 47.4 Å². The van der Waals surface area contributed by atoms with Crippen molar-refractivity contribution in [3.63, 3.8) is 0 Å². The number of nitrogens with one attached hydrogen (secondary N) is 1. The Morgan fingerprint density at radius 1 is 1.15 bits per heavy atom. The molecule has 1 amide bonds. The summed E-state index contributed by atoms with van der Waals surface area (Å²) in [5.41, 5.74) is -3.55. The standard InChI is InChI=1S/C33H26F4N6O4/c1-17-10-19-11-20(12-24(27(19)42-41-17)46-22-6-7-22)30(44)39-15-32(45,33(35,36)37)25-13-23-29(28(40-25)18-2-4-21(34)5-3-18)47-26-14-31(23,26)43-9-8-38-16-43/h2-5,8-13,16,22,26,45H,6-7,14-15H2,1H3,(H,39,44)/t26?,31-,32+/m1/s1. The number of pyridine rings is 1. The van der Waals surface area contributed by atoms with Gasteiger partial charge in [0.2, 0.25) is 5.60 Å². The number of hydrogen-bond donors (Lipinski definition) is 2. The maximum atomic E-state index is 15.0. The van der Waals surface area contributed by atoms with E-state index in [9.17, 15) is 27.5 Å². The van der Waals surface area contributed by atoms with Crippen molar-refractivity contribution in [1.82, 2.24) is 30.0 Å². The first-order valence-corrected chi connectivity index (χ1v) is 15.0. The van der Waals surface area contributed by atoms with Gasteiger partial charge in [-0.05, 0) is 68.3 Å². The summed E-state index contributed by atoms with van der Waals surface area (Å²) < 4.78 is 72.5. The number of aliphatic hydroxyl groups is 1. The Labute approximate surface area is 264 Å². The summed E-state index contributed by atoms with van der Waals surface area (Å²) in [6.07, 6.45) is 1.17. The molecule has 47 heavy (non-hydrogen) atoms. The molecule has 14 heteroatoms. The lowest BCUT2D eigenvalue weighted by molar-refractivity contribution is -0.265. The number of benzene rings is 2. The minimum absolute atomic E-state index is 0.00562. The van der Waals surface area contributed by atoms with Crippen molar-refractivity contribution < 1.29 is 36.9 Å². The summed E-state index contributed by atoms with van der Waals surface area (Å²) in [7, 11) is 0. The van der Waals surface area contributed by atoms with Crippen LogP contribution in [0.2, 0.25) is 0 Å². The number of alkyl halides is 3. The first-order valence-electron chi connectivity index (χ1n) is 15.0. The highest BCUT2D eigenvalue weighted by Gasteiger charge is 2.66. The SMILES string of the molecule is Cc1cc2cc(C(=O)NC[C@](O)(c3cc4c(c(-c5ccc(F)cc5)n3)OC3C[C@@]43n3ccnc3)C(F)(F)F)cc(OC3CC3)c2nn1. The summed E-state index contributed by atoms with van der Waals surface area (Å²) >= 11 is 0. The lowest BCUT2D eigenvalue weighted by Gasteiger charge is -2.31. The second-order valence-electron chi connectivity index (χ2n) is 12.2. The van der Waals surface area contributed by atoms with E-state index in [0.29, 0.717) is 34.3 Å². The molecule has 3 aromatic heterocycles. The van der Waals surface area contributed by atoms with E-state index in [4.69, 9.17) is 9.47 Å². The van der Waals surface area contributed by atoms with E-state index in [-0.39, 0.29) is 28.7 Å². The maximum Gasteiger partial charge on any atom is 0.424 e. The molecule has 8 rings (SSSR count). The van der Waals surface area contributed by atoms with E-state index in [0.717, 1.165) is 25.0 Å². The quantitative estimate of drug-likeness (QED) is 0.227. The highest BCUT2D eigenvalue weighted by Crippen LogP contribution is 2.62. The first-order chi connectivity index (χ1) is 22.5. The molecule has 2 aliphatic carbocycles. The predicted octanol–water partition coefficient (Wildman–Crippen LogP) is 4.97. The lowest BCUT2D eigenvalue weighted by Crippen LogP contribution is -2.51. The molecule has 4 heterocycles. The number of halogens is 4. The second kappa shape index (κ2) is 10.2. The van der Waals surface area contributed by atoms with E-state index in [2.05, 4.69) is 25.5 Å². The average molecular weight is 647 g/mol. The van der Waals surface area contributed by atoms with Crippen LogP contribution in [0.1, 0.15) is 46.6 Å². The number of imidazole rings is 1. The zero-order chi connectivity index (χ0) is 32.7. The van der Waals surface area contributed by atoms with E-state index >= 15 is 0 Å². The fourth-order valence-electron chi connectivity index (χ4n) is 6.15. The van der Waals surface area contributed by atoms with Crippen LogP contribution in [-0.2, 0) is 11.1 Å². The highest BCUT2D eigenvalue weighted by atomic mass is 19.4. The van der Waals surface area contributed by atoms with Crippen LogP contribution in [0.4, 0.5) is 17.6 Å². The fourth-order valence-corrected chi connectivity index (χ4v) is 6.15. The number of carbonyl (C=O) groups is 1. The van der Waals surface area contributed by atoms with Crippen LogP contribution in [0.25, 0.3) is 22.2 Å². The third kappa shape index (κ3) is 4.77. The van der Waals surface area contributed by atoms with Gasteiger partial charge < -0.3 is 24.5 Å². The zero-order valence-electron chi connectivity index (χ0n) is 24.8. The van der Waals surface area contributed by atoms with Crippen molar-refractivity contribution in [3.8, 4) is 22.8 Å². The Hall–Kier alpha value is -5.11. The summed E-state index contributed by atoms with van der Waals surface area (Å²) in [5, 5.41) is 22.5. The van der Waals surface area contributed by atoms with Crippen LogP contribution in [0.15, 0.2) is 67.3 Å². The number of aryl methyl sites for hydroxylation is 1. The lowest BCUT2D eigenvalue weighted by atomic mass is 9.92. The molecule has 2 saturated carbocycles. The van der Waals surface area contributed by atoms with E-state index in [1.165, 1.54) is 30.3 Å². The summed E-state index contributed by atoms with van der Waals surface area (Å²) in [5.74, 6) is -0.889. The number of aromatic nitrogens is 5. The summed E-state index contributed by atoms with van der Waals surface area (Å²) in [6, 6.07) is 10.8. The van der Waals surface area contributed by atoms with Gasteiger partial charge in [-0.1, -0.05) is 0 Å². The van der Waals surface area contributed by atoms with Gasteiger partial charge in [-0.3, -0.25) is 4.79 Å². The van der Waals surface area contributed by atoms with Crippen molar-refractivity contribution in [2.75, 3.05) is 6.54 Å². The zero-order valence-corrected chi connectivity index (χ0v) is 24.8. The minimum Gasteiger partial charge on any atom is -0.488 e. The van der Waals surface area contributed by atoms with Gasteiger partial charge in [0, 0.05) is 40.9 Å². The molecule has 3 aliphatic rings. The maximum absolute atomic E-state index is 15.0. The van der Waals surface area contributed by atoms with Crippen molar-refractivity contribution >= 4 is 16.8 Å². The molecule has 0 radical (unpaired) electrons. The van der Waals surface area contributed by atoms with Gasteiger partial charge in [-0.25, -0.2) is 14.4 Å². The number of hydrogen-bond acceptors (Lipinski definition) is 8. The molecule has 3 atom stereocenters. The first kappa shape index (κ1) is 29.3. The highest BCUT2D eigenvalue weighted by molar-refractivity contribution is 6.00. The summed E-state index contributed by atoms with van der Waals surface area (Å²) in [4.78, 5) is 21.8. The number of fused-ring (bicyclic) bond motifs is 4. The number of carbonyl (C=O) groups excluding carboxylic acids is 1. The Bertz CT molecular complexity index is 2050. The topological polar surface area (TPSA) is 124 Å². The molecule has 0 spiro atoms. The minimum atomic E-state index is -5.28. The third-order valence-corrected chi connectivity index (χ3v) is 8.91. The van der Waals surface area contributed by atoms with E-state index in [1.807, 2.05) is 0 Å². The van der Waals surface area contributed by atoms with E-state index in [1.54, 1.807) is 36.3 Å². The van der Waals surface area contributed by atoms with Gasteiger partial charge in [0.25, 0.3) is 5.91 Å². The molecule has 5 aromatic rings.